The van der Waals surface area contributed by atoms with Gasteiger partial charge in [0.25, 0.3) is 5.91 Å². The van der Waals surface area contributed by atoms with E-state index in [2.05, 4.69) is 15.4 Å². The van der Waals surface area contributed by atoms with Gasteiger partial charge in [0.2, 0.25) is 0 Å². The molecule has 0 aliphatic carbocycles. The fourth-order valence-electron chi connectivity index (χ4n) is 2.89. The molecule has 6 nitrogen and oxygen atoms in total. The van der Waals surface area contributed by atoms with Gasteiger partial charge in [-0.2, -0.15) is 4.98 Å². The Labute approximate surface area is 170 Å². The largest absolute Gasteiger partial charge is 0.466 e. The second-order valence-electron chi connectivity index (χ2n) is 6.36. The third-order valence-corrected chi connectivity index (χ3v) is 4.31. The van der Waals surface area contributed by atoms with E-state index in [0.717, 1.165) is 6.07 Å². The van der Waals surface area contributed by atoms with Crippen molar-refractivity contribution in [1.29, 1.82) is 0 Å². The molecule has 1 heterocycles. The number of halogens is 2. The summed E-state index contributed by atoms with van der Waals surface area (Å²) < 4.78 is 33.4. The fraction of sp³-hybridized carbons (Fsp3) is 0.0455. The van der Waals surface area contributed by atoms with Gasteiger partial charge < -0.3 is 10.1 Å². The maximum Gasteiger partial charge on any atom is 0.336 e. The van der Waals surface area contributed by atoms with Crippen LogP contribution in [0.15, 0.2) is 72.8 Å². The van der Waals surface area contributed by atoms with Gasteiger partial charge in [0.05, 0.1) is 12.8 Å². The van der Waals surface area contributed by atoms with Crippen LogP contribution in [-0.2, 0) is 0 Å². The average Bonchev–Trinajstić information content (AvgIpc) is 3.19. The summed E-state index contributed by atoms with van der Waals surface area (Å²) in [5.41, 5.74) is 1.93. The van der Waals surface area contributed by atoms with Crippen LogP contribution in [0.25, 0.3) is 17.1 Å². The highest BCUT2D eigenvalue weighted by molar-refractivity contribution is 6.04. The number of aromatic nitrogens is 3. The van der Waals surface area contributed by atoms with Crippen LogP contribution in [0.1, 0.15) is 10.4 Å². The van der Waals surface area contributed by atoms with Crippen molar-refractivity contribution in [3.05, 3.63) is 90.0 Å². The minimum Gasteiger partial charge on any atom is -0.466 e. The molecule has 0 unspecified atom stereocenters. The molecule has 0 radical (unpaired) electrons. The van der Waals surface area contributed by atoms with E-state index < -0.39 is 11.7 Å². The summed E-state index contributed by atoms with van der Waals surface area (Å²) in [6.07, 6.45) is 0. The van der Waals surface area contributed by atoms with Crippen molar-refractivity contribution in [2.45, 2.75) is 0 Å². The minimum absolute atomic E-state index is 0.142. The summed E-state index contributed by atoms with van der Waals surface area (Å²) in [5, 5.41) is 7.05. The standard InChI is InChI=1S/C22H16F2N4O2/c1-30-22-26-20(14-8-10-16(23)11-9-14)28(27-22)19-7-3-6-18(13-19)25-21(29)15-4-2-5-17(24)12-15/h2-13H,1H3,(H,25,29). The molecule has 0 aliphatic heterocycles. The lowest BCUT2D eigenvalue weighted by Gasteiger charge is -2.09. The van der Waals surface area contributed by atoms with Crippen LogP contribution in [0.4, 0.5) is 14.5 Å². The Bertz CT molecular complexity index is 1210. The zero-order chi connectivity index (χ0) is 21.1. The zero-order valence-electron chi connectivity index (χ0n) is 15.8. The number of anilines is 1. The predicted molar refractivity (Wildman–Crippen MR) is 108 cm³/mol. The summed E-state index contributed by atoms with van der Waals surface area (Å²) in [6.45, 7) is 0. The first-order valence-electron chi connectivity index (χ1n) is 8.98. The van der Waals surface area contributed by atoms with Crippen LogP contribution in [-0.4, -0.2) is 27.8 Å². The number of carbonyl (C=O) groups is 1. The summed E-state index contributed by atoms with van der Waals surface area (Å²) in [4.78, 5) is 16.7. The Morgan fingerprint density at radius 3 is 2.47 bits per heavy atom. The van der Waals surface area contributed by atoms with Crippen LogP contribution >= 0.6 is 0 Å². The lowest BCUT2D eigenvalue weighted by Crippen LogP contribution is -2.12. The van der Waals surface area contributed by atoms with E-state index >= 15 is 0 Å². The van der Waals surface area contributed by atoms with Gasteiger partial charge >= 0.3 is 6.01 Å². The van der Waals surface area contributed by atoms with E-state index in [0.29, 0.717) is 22.8 Å². The van der Waals surface area contributed by atoms with E-state index in [4.69, 9.17) is 4.74 Å². The molecule has 4 aromatic rings. The van der Waals surface area contributed by atoms with Crippen molar-refractivity contribution in [3.8, 4) is 23.1 Å². The Balaban J connectivity index is 1.68. The molecule has 0 saturated heterocycles. The van der Waals surface area contributed by atoms with Gasteiger partial charge in [-0.05, 0) is 60.7 Å². The van der Waals surface area contributed by atoms with E-state index in [1.807, 2.05) is 0 Å². The number of ether oxygens (including phenoxy) is 1. The monoisotopic (exact) mass is 406 g/mol. The normalized spacial score (nSPS) is 10.6. The van der Waals surface area contributed by atoms with Crippen LogP contribution < -0.4 is 10.1 Å². The Morgan fingerprint density at radius 2 is 1.73 bits per heavy atom. The van der Waals surface area contributed by atoms with Crippen LogP contribution in [0.2, 0.25) is 0 Å². The van der Waals surface area contributed by atoms with Crippen molar-refractivity contribution in [2.24, 2.45) is 0 Å². The molecular formula is C22H16F2N4O2. The Morgan fingerprint density at radius 1 is 0.967 bits per heavy atom. The zero-order valence-corrected chi connectivity index (χ0v) is 15.8. The highest BCUT2D eigenvalue weighted by Crippen LogP contribution is 2.25. The lowest BCUT2D eigenvalue weighted by atomic mass is 10.2. The van der Waals surface area contributed by atoms with E-state index in [1.54, 1.807) is 36.4 Å². The highest BCUT2D eigenvalue weighted by atomic mass is 19.1. The van der Waals surface area contributed by atoms with Crippen molar-refractivity contribution < 1.29 is 18.3 Å². The molecule has 0 saturated carbocycles. The van der Waals surface area contributed by atoms with E-state index in [1.165, 1.54) is 42.1 Å². The molecule has 0 spiro atoms. The molecule has 150 valence electrons. The van der Waals surface area contributed by atoms with Gasteiger partial charge in [-0.3, -0.25) is 4.79 Å². The van der Waals surface area contributed by atoms with Gasteiger partial charge in [0.1, 0.15) is 11.6 Å². The van der Waals surface area contributed by atoms with Gasteiger partial charge in [-0.1, -0.05) is 12.1 Å². The quantitative estimate of drug-likeness (QED) is 0.531. The molecule has 8 heteroatoms. The van der Waals surface area contributed by atoms with Crippen molar-refractivity contribution in [3.63, 3.8) is 0 Å². The number of carbonyl (C=O) groups excluding carboxylic acids is 1. The van der Waals surface area contributed by atoms with Gasteiger partial charge in [-0.25, -0.2) is 13.5 Å². The maximum atomic E-state index is 13.4. The molecule has 1 amide bonds. The first kappa shape index (κ1) is 19.3. The molecule has 1 N–H and O–H groups in total. The van der Waals surface area contributed by atoms with Crippen LogP contribution in [0.5, 0.6) is 6.01 Å². The Kier molecular flexibility index (Phi) is 5.21. The molecule has 3 aromatic carbocycles. The number of nitrogens with zero attached hydrogens (tertiary/aromatic N) is 3. The lowest BCUT2D eigenvalue weighted by molar-refractivity contribution is 0.102. The summed E-state index contributed by atoms with van der Waals surface area (Å²) in [5.74, 6) is -0.851. The van der Waals surface area contributed by atoms with Gasteiger partial charge in [0.15, 0.2) is 5.82 Å². The number of hydrogen-bond donors (Lipinski definition) is 1. The van der Waals surface area contributed by atoms with Gasteiger partial charge in [0, 0.05) is 16.8 Å². The molecule has 0 atom stereocenters. The molecule has 1 aromatic heterocycles. The molecule has 0 bridgehead atoms. The fourth-order valence-corrected chi connectivity index (χ4v) is 2.89. The topological polar surface area (TPSA) is 69.0 Å². The number of methoxy groups -OCH3 is 1. The second kappa shape index (κ2) is 8.12. The van der Waals surface area contributed by atoms with Gasteiger partial charge in [-0.15, -0.1) is 5.10 Å². The summed E-state index contributed by atoms with van der Waals surface area (Å²) in [7, 11) is 1.45. The SMILES string of the molecule is COc1nc(-c2ccc(F)cc2)n(-c2cccc(NC(=O)c3cccc(F)c3)c2)n1. The highest BCUT2D eigenvalue weighted by Gasteiger charge is 2.15. The average molecular weight is 406 g/mol. The smallest absolute Gasteiger partial charge is 0.336 e. The number of hydrogen-bond acceptors (Lipinski definition) is 4. The molecule has 4 rings (SSSR count). The second-order valence-corrected chi connectivity index (χ2v) is 6.36. The third kappa shape index (κ3) is 4.02. The molecule has 0 fully saturated rings. The molecule has 30 heavy (non-hydrogen) atoms. The predicted octanol–water partition coefficient (Wildman–Crippen LogP) is 4.47. The first-order chi connectivity index (χ1) is 14.5. The third-order valence-electron chi connectivity index (χ3n) is 4.31. The first-order valence-corrected chi connectivity index (χ1v) is 8.98. The van der Waals surface area contributed by atoms with Crippen molar-refractivity contribution in [2.75, 3.05) is 12.4 Å². The van der Waals surface area contributed by atoms with Crippen molar-refractivity contribution in [1.82, 2.24) is 14.8 Å². The van der Waals surface area contributed by atoms with Crippen molar-refractivity contribution >= 4 is 11.6 Å². The number of nitrogens with one attached hydrogen (secondary N) is 1. The minimum atomic E-state index is -0.491. The van der Waals surface area contributed by atoms with E-state index in [9.17, 15) is 13.6 Å². The Hall–Kier alpha value is -4.07. The van der Waals surface area contributed by atoms with E-state index in [-0.39, 0.29) is 17.4 Å². The summed E-state index contributed by atoms with van der Waals surface area (Å²) >= 11 is 0. The number of rotatable bonds is 5. The number of benzene rings is 3. The molecule has 0 aliphatic rings. The number of amides is 1. The summed E-state index contributed by atoms with van der Waals surface area (Å²) in [6, 6.07) is 18.3. The maximum absolute atomic E-state index is 13.4. The van der Waals surface area contributed by atoms with Crippen LogP contribution in [0.3, 0.4) is 0 Å². The molecular weight excluding hydrogens is 390 g/mol. The van der Waals surface area contributed by atoms with Crippen LogP contribution in [0, 0.1) is 11.6 Å².